The Kier molecular flexibility index (Phi) is 2.34. The molecule has 0 spiro atoms. The zero-order valence-corrected chi connectivity index (χ0v) is 7.80. The molecule has 78 valence electrons. The van der Waals surface area contributed by atoms with Gasteiger partial charge in [-0.3, -0.25) is 9.78 Å². The highest BCUT2D eigenvalue weighted by Gasteiger charge is 2.11. The van der Waals surface area contributed by atoms with Crippen molar-refractivity contribution in [1.82, 2.24) is 14.5 Å². The predicted molar refractivity (Wildman–Crippen MR) is 52.8 cm³/mol. The van der Waals surface area contributed by atoms with Crippen molar-refractivity contribution in [1.29, 1.82) is 0 Å². The normalized spacial score (nSPS) is 10.7. The van der Waals surface area contributed by atoms with Crippen molar-refractivity contribution in [2.45, 2.75) is 6.54 Å². The quantitative estimate of drug-likeness (QED) is 0.663. The number of aromatic nitrogens is 3. The van der Waals surface area contributed by atoms with Gasteiger partial charge in [-0.2, -0.15) is 4.98 Å². The van der Waals surface area contributed by atoms with Crippen molar-refractivity contribution < 1.29 is 5.11 Å². The zero-order chi connectivity index (χ0) is 10.8. The number of hydrogen-bond donors (Lipinski definition) is 2. The second-order valence-electron chi connectivity index (χ2n) is 3.03. The Morgan fingerprint density at radius 3 is 3.00 bits per heavy atom. The Labute approximate surface area is 84.2 Å². The Morgan fingerprint density at radius 2 is 2.27 bits per heavy atom. The van der Waals surface area contributed by atoms with Crippen LogP contribution in [0.25, 0.3) is 11.4 Å². The van der Waals surface area contributed by atoms with Gasteiger partial charge in [-0.15, -0.1) is 0 Å². The number of rotatable bonds is 2. The number of pyridine rings is 1. The van der Waals surface area contributed by atoms with Crippen LogP contribution in [0.4, 0.5) is 0 Å². The van der Waals surface area contributed by atoms with Gasteiger partial charge in [-0.05, 0) is 12.1 Å². The summed E-state index contributed by atoms with van der Waals surface area (Å²) >= 11 is 0. The van der Waals surface area contributed by atoms with Gasteiger partial charge >= 0.3 is 5.69 Å². The fourth-order valence-corrected chi connectivity index (χ4v) is 1.42. The fourth-order valence-electron chi connectivity index (χ4n) is 1.42. The summed E-state index contributed by atoms with van der Waals surface area (Å²) in [6, 6.07) is 3.24. The molecule has 0 amide bonds. The number of hydrogen-bond acceptors (Lipinski definition) is 4. The van der Waals surface area contributed by atoms with Crippen molar-refractivity contribution in [2.75, 3.05) is 6.61 Å². The molecule has 0 saturated heterocycles. The van der Waals surface area contributed by atoms with Gasteiger partial charge in [0.25, 0.3) is 5.56 Å². The molecule has 6 nitrogen and oxygen atoms in total. The number of aliphatic hydroxyl groups is 1. The minimum absolute atomic E-state index is 0.0769. The van der Waals surface area contributed by atoms with Gasteiger partial charge in [0.15, 0.2) is 5.82 Å². The first-order valence-electron chi connectivity index (χ1n) is 4.43. The highest BCUT2D eigenvalue weighted by molar-refractivity contribution is 5.54. The van der Waals surface area contributed by atoms with Crippen molar-refractivity contribution >= 4 is 0 Å². The van der Waals surface area contributed by atoms with Gasteiger partial charge in [0.1, 0.15) is 0 Å². The number of fused-ring (bicyclic) bond motifs is 1. The molecule has 0 atom stereocenters. The topological polar surface area (TPSA) is 88.0 Å². The summed E-state index contributed by atoms with van der Waals surface area (Å²) < 4.78 is 1.56. The summed E-state index contributed by atoms with van der Waals surface area (Å²) in [4.78, 5) is 28.2. The van der Waals surface area contributed by atoms with E-state index in [9.17, 15) is 9.59 Å². The first-order chi connectivity index (χ1) is 7.22. The maximum atomic E-state index is 11.4. The third-order valence-corrected chi connectivity index (χ3v) is 2.06. The molecular formula is C9H9N3O3. The van der Waals surface area contributed by atoms with Crippen LogP contribution in [0.5, 0.6) is 0 Å². The molecule has 0 fully saturated rings. The van der Waals surface area contributed by atoms with Crippen LogP contribution >= 0.6 is 0 Å². The van der Waals surface area contributed by atoms with E-state index in [2.05, 4.69) is 9.97 Å². The molecule has 0 aromatic heterocycles. The molecule has 0 aromatic carbocycles. The van der Waals surface area contributed by atoms with E-state index in [0.29, 0.717) is 17.9 Å². The molecule has 0 aromatic rings. The first-order valence-corrected chi connectivity index (χ1v) is 4.43. The maximum absolute atomic E-state index is 11.4. The van der Waals surface area contributed by atoms with Crippen molar-refractivity contribution in [2.24, 2.45) is 0 Å². The molecule has 2 aliphatic heterocycles. The van der Waals surface area contributed by atoms with E-state index in [-0.39, 0.29) is 6.61 Å². The minimum Gasteiger partial charge on any atom is -0.395 e. The number of aliphatic hydroxyl groups excluding tert-OH is 1. The van der Waals surface area contributed by atoms with Gasteiger partial charge in [-0.1, -0.05) is 0 Å². The predicted octanol–water partition coefficient (Wildman–Crippen LogP) is -0.971. The average molecular weight is 207 g/mol. The molecule has 0 aliphatic carbocycles. The maximum Gasteiger partial charge on any atom is 0.349 e. The van der Waals surface area contributed by atoms with Gasteiger partial charge in [0.05, 0.1) is 12.2 Å². The van der Waals surface area contributed by atoms with Crippen LogP contribution in [0.2, 0.25) is 0 Å². The fraction of sp³-hybridized carbons (Fsp3) is 0.222. The zero-order valence-electron chi connectivity index (χ0n) is 7.80. The van der Waals surface area contributed by atoms with Crippen LogP contribution in [-0.2, 0) is 6.54 Å². The van der Waals surface area contributed by atoms with E-state index < -0.39 is 11.2 Å². The van der Waals surface area contributed by atoms with E-state index in [1.54, 1.807) is 22.9 Å². The highest BCUT2D eigenvalue weighted by atomic mass is 16.3. The van der Waals surface area contributed by atoms with Gasteiger partial charge in [0.2, 0.25) is 0 Å². The number of H-pyrrole nitrogens is 1. The Morgan fingerprint density at radius 1 is 1.47 bits per heavy atom. The van der Waals surface area contributed by atoms with Gasteiger partial charge in [0, 0.05) is 12.7 Å². The average Bonchev–Trinajstić information content (AvgIpc) is 2.19. The van der Waals surface area contributed by atoms with Gasteiger partial charge < -0.3 is 9.67 Å². The highest BCUT2D eigenvalue weighted by Crippen LogP contribution is 2.11. The standard InChI is InChI=1S/C9H9N3O3/c13-5-4-12-3-1-2-6-7(12)10-9(15)11-8(6)14/h1-3,13H,4-5H2,(H,11,14,15). The molecule has 6 heteroatoms. The first kappa shape index (κ1) is 9.60. The molecule has 2 N–H and O–H groups in total. The lowest BCUT2D eigenvalue weighted by atomic mass is 10.2. The van der Waals surface area contributed by atoms with E-state index in [1.165, 1.54) is 0 Å². The van der Waals surface area contributed by atoms with Crippen LogP contribution in [0.3, 0.4) is 0 Å². The lowest BCUT2D eigenvalue weighted by Crippen LogP contribution is -2.27. The second-order valence-corrected chi connectivity index (χ2v) is 3.03. The summed E-state index contributed by atoms with van der Waals surface area (Å²) in [7, 11) is 0. The number of aromatic amines is 1. The molecule has 2 heterocycles. The summed E-state index contributed by atoms with van der Waals surface area (Å²) in [5.41, 5.74) is -0.798. The van der Waals surface area contributed by atoms with Crippen molar-refractivity contribution in [3.8, 4) is 11.4 Å². The molecule has 0 saturated carbocycles. The Bertz CT molecular complexity index is 557. The molecule has 15 heavy (non-hydrogen) atoms. The molecule has 0 bridgehead atoms. The van der Waals surface area contributed by atoms with Crippen LogP contribution < -0.4 is 11.2 Å². The van der Waals surface area contributed by atoms with Crippen molar-refractivity contribution in [3.63, 3.8) is 0 Å². The lowest BCUT2D eigenvalue weighted by molar-refractivity contribution is 0.276. The molecule has 2 aliphatic rings. The van der Waals surface area contributed by atoms with E-state index in [0.717, 1.165) is 0 Å². The van der Waals surface area contributed by atoms with Crippen LogP contribution in [0.15, 0.2) is 27.9 Å². The number of nitrogens with one attached hydrogen (secondary N) is 1. The molecule has 0 radical (unpaired) electrons. The SMILES string of the molecule is O=c1nc2n(CCO)cccc-2c(=O)[nH]1. The van der Waals surface area contributed by atoms with Crippen molar-refractivity contribution in [3.05, 3.63) is 39.2 Å². The molecule has 2 rings (SSSR count). The van der Waals surface area contributed by atoms with Crippen LogP contribution in [0, 0.1) is 0 Å². The van der Waals surface area contributed by atoms with Crippen LogP contribution in [0.1, 0.15) is 0 Å². The minimum atomic E-state index is -0.676. The smallest absolute Gasteiger partial charge is 0.349 e. The molecule has 0 unspecified atom stereocenters. The van der Waals surface area contributed by atoms with E-state index in [4.69, 9.17) is 5.11 Å². The van der Waals surface area contributed by atoms with E-state index in [1.807, 2.05) is 0 Å². The summed E-state index contributed by atoms with van der Waals surface area (Å²) in [6.07, 6.45) is 1.66. The number of nitrogens with zero attached hydrogens (tertiary/aromatic N) is 2. The summed E-state index contributed by atoms with van der Waals surface area (Å²) in [5, 5.41) is 8.81. The lowest BCUT2D eigenvalue weighted by Gasteiger charge is -2.10. The van der Waals surface area contributed by atoms with Gasteiger partial charge in [-0.25, -0.2) is 4.79 Å². The monoisotopic (exact) mass is 207 g/mol. The Balaban J connectivity index is 2.76. The summed E-state index contributed by atoms with van der Waals surface area (Å²) in [5.74, 6) is 0.292. The molecular weight excluding hydrogens is 198 g/mol. The summed E-state index contributed by atoms with van der Waals surface area (Å²) in [6.45, 7) is 0.222. The van der Waals surface area contributed by atoms with E-state index >= 15 is 0 Å². The Hall–Kier alpha value is -1.95. The second kappa shape index (κ2) is 3.66. The third-order valence-electron chi connectivity index (χ3n) is 2.06. The largest absolute Gasteiger partial charge is 0.395 e. The van der Waals surface area contributed by atoms with Crippen LogP contribution in [-0.4, -0.2) is 26.2 Å². The third kappa shape index (κ3) is 1.66.